The van der Waals surface area contributed by atoms with Crippen LogP contribution in [0, 0.1) is 0 Å². The normalized spacial score (nSPS) is 10.8. The third-order valence-corrected chi connectivity index (χ3v) is 3.10. The molecule has 108 valence electrons. The van der Waals surface area contributed by atoms with Gasteiger partial charge in [-0.05, 0) is 49.9 Å². The van der Waals surface area contributed by atoms with Crippen molar-refractivity contribution in [3.8, 4) is 0 Å². The van der Waals surface area contributed by atoms with Gasteiger partial charge in [-0.15, -0.1) is 11.3 Å². The molecule has 0 N–H and O–H groups in total. The lowest BCUT2D eigenvalue weighted by Crippen LogP contribution is -2.18. The van der Waals surface area contributed by atoms with Crippen molar-refractivity contribution in [2.75, 3.05) is 13.2 Å². The van der Waals surface area contributed by atoms with Crippen molar-refractivity contribution >= 4 is 29.4 Å². The SMILES string of the molecule is CCOC(=O)C(=C/C(C)=C/c1cccs1)C(=O)OCC. The van der Waals surface area contributed by atoms with Gasteiger partial charge in [0.05, 0.1) is 13.2 Å². The molecule has 0 aliphatic carbocycles. The molecule has 1 heterocycles. The minimum Gasteiger partial charge on any atom is -0.462 e. The van der Waals surface area contributed by atoms with Gasteiger partial charge in [0.2, 0.25) is 0 Å². The Morgan fingerprint density at radius 1 is 1.20 bits per heavy atom. The van der Waals surface area contributed by atoms with E-state index in [4.69, 9.17) is 9.47 Å². The molecule has 0 radical (unpaired) electrons. The lowest BCUT2D eigenvalue weighted by Gasteiger charge is -2.06. The molecule has 0 aliphatic rings. The van der Waals surface area contributed by atoms with Gasteiger partial charge in [-0.1, -0.05) is 6.07 Å². The number of thiophene rings is 1. The lowest BCUT2D eigenvalue weighted by molar-refractivity contribution is -0.146. The van der Waals surface area contributed by atoms with E-state index in [2.05, 4.69) is 0 Å². The number of hydrogen-bond donors (Lipinski definition) is 0. The fourth-order valence-corrected chi connectivity index (χ4v) is 2.21. The Morgan fingerprint density at radius 2 is 1.80 bits per heavy atom. The minimum atomic E-state index is -0.662. The molecule has 4 nitrogen and oxygen atoms in total. The van der Waals surface area contributed by atoms with E-state index in [1.54, 1.807) is 25.2 Å². The minimum absolute atomic E-state index is 0.0843. The molecular formula is C15H18O4S. The number of hydrogen-bond acceptors (Lipinski definition) is 5. The molecule has 0 saturated carbocycles. The van der Waals surface area contributed by atoms with E-state index in [-0.39, 0.29) is 18.8 Å². The molecule has 0 saturated heterocycles. The van der Waals surface area contributed by atoms with Gasteiger partial charge < -0.3 is 9.47 Å². The summed E-state index contributed by atoms with van der Waals surface area (Å²) in [5.74, 6) is -1.32. The smallest absolute Gasteiger partial charge is 0.345 e. The first-order chi connectivity index (χ1) is 9.58. The van der Waals surface area contributed by atoms with Gasteiger partial charge in [-0.25, -0.2) is 9.59 Å². The van der Waals surface area contributed by atoms with Crippen LogP contribution in [0.2, 0.25) is 0 Å². The second-order valence-corrected chi connectivity index (χ2v) is 4.88. The Bertz CT molecular complexity index is 492. The Morgan fingerprint density at radius 3 is 2.25 bits per heavy atom. The highest BCUT2D eigenvalue weighted by Crippen LogP contribution is 2.15. The first-order valence-corrected chi connectivity index (χ1v) is 7.24. The van der Waals surface area contributed by atoms with E-state index in [0.29, 0.717) is 0 Å². The molecule has 0 aliphatic heterocycles. The molecule has 0 amide bonds. The molecule has 0 unspecified atom stereocenters. The molecule has 20 heavy (non-hydrogen) atoms. The predicted molar refractivity (Wildman–Crippen MR) is 79.3 cm³/mol. The van der Waals surface area contributed by atoms with E-state index in [1.165, 1.54) is 6.08 Å². The molecule has 0 atom stereocenters. The molecule has 5 heteroatoms. The van der Waals surface area contributed by atoms with Crippen molar-refractivity contribution in [2.24, 2.45) is 0 Å². The highest BCUT2D eigenvalue weighted by Gasteiger charge is 2.20. The summed E-state index contributed by atoms with van der Waals surface area (Å²) in [6, 6.07) is 3.89. The van der Waals surface area contributed by atoms with Crippen molar-refractivity contribution in [2.45, 2.75) is 20.8 Å². The fourth-order valence-electron chi connectivity index (χ4n) is 1.49. The standard InChI is InChI=1S/C15H18O4S/c1-4-18-14(16)13(15(17)19-5-2)10-11(3)9-12-7-6-8-20-12/h6-10H,4-5H2,1-3H3/b11-9+. The van der Waals surface area contributed by atoms with Crippen LogP contribution in [-0.2, 0) is 19.1 Å². The topological polar surface area (TPSA) is 52.6 Å². The molecule has 0 spiro atoms. The first kappa shape index (κ1) is 16.2. The van der Waals surface area contributed by atoms with Crippen LogP contribution in [-0.4, -0.2) is 25.2 Å². The van der Waals surface area contributed by atoms with E-state index >= 15 is 0 Å². The highest BCUT2D eigenvalue weighted by molar-refractivity contribution is 7.10. The number of ether oxygens (including phenoxy) is 2. The average Bonchev–Trinajstić information content (AvgIpc) is 2.89. The molecular weight excluding hydrogens is 276 g/mol. The fraction of sp³-hybridized carbons (Fsp3) is 0.333. The quantitative estimate of drug-likeness (QED) is 0.266. The van der Waals surface area contributed by atoms with E-state index in [1.807, 2.05) is 30.5 Å². The summed E-state index contributed by atoms with van der Waals surface area (Å²) in [6.07, 6.45) is 3.39. The number of esters is 2. The largest absolute Gasteiger partial charge is 0.462 e. The first-order valence-electron chi connectivity index (χ1n) is 6.36. The molecule has 0 fully saturated rings. The number of carbonyl (C=O) groups is 2. The van der Waals surface area contributed by atoms with Crippen LogP contribution in [0.3, 0.4) is 0 Å². The van der Waals surface area contributed by atoms with Crippen LogP contribution in [0.5, 0.6) is 0 Å². The van der Waals surface area contributed by atoms with Gasteiger partial charge in [0, 0.05) is 4.88 Å². The van der Waals surface area contributed by atoms with Crippen molar-refractivity contribution in [3.05, 3.63) is 39.6 Å². The molecule has 0 bridgehead atoms. The van der Waals surface area contributed by atoms with Crippen LogP contribution >= 0.6 is 11.3 Å². The second-order valence-electron chi connectivity index (χ2n) is 3.90. The zero-order chi connectivity index (χ0) is 15.0. The van der Waals surface area contributed by atoms with Crippen LogP contribution in [0.25, 0.3) is 6.08 Å². The number of carbonyl (C=O) groups excluding carboxylic acids is 2. The molecule has 0 aromatic carbocycles. The van der Waals surface area contributed by atoms with Crippen molar-refractivity contribution in [1.82, 2.24) is 0 Å². The second kappa shape index (κ2) is 8.32. The maximum Gasteiger partial charge on any atom is 0.345 e. The van der Waals surface area contributed by atoms with Crippen LogP contribution in [0.15, 0.2) is 34.7 Å². The molecule has 1 rings (SSSR count). The maximum absolute atomic E-state index is 11.8. The zero-order valence-electron chi connectivity index (χ0n) is 11.8. The Hall–Kier alpha value is -1.88. The summed E-state index contributed by atoms with van der Waals surface area (Å²) in [4.78, 5) is 24.6. The summed E-state index contributed by atoms with van der Waals surface area (Å²) in [7, 11) is 0. The van der Waals surface area contributed by atoms with Crippen LogP contribution < -0.4 is 0 Å². The third kappa shape index (κ3) is 5.01. The maximum atomic E-state index is 11.8. The summed E-state index contributed by atoms with van der Waals surface area (Å²) >= 11 is 1.58. The molecule has 1 aromatic rings. The van der Waals surface area contributed by atoms with Gasteiger partial charge in [0.15, 0.2) is 0 Å². The van der Waals surface area contributed by atoms with Crippen molar-refractivity contribution in [1.29, 1.82) is 0 Å². The van der Waals surface area contributed by atoms with Crippen LogP contribution in [0.4, 0.5) is 0 Å². The summed E-state index contributed by atoms with van der Waals surface area (Å²) in [5, 5.41) is 1.96. The lowest BCUT2D eigenvalue weighted by atomic mass is 10.1. The van der Waals surface area contributed by atoms with Gasteiger partial charge in [0.25, 0.3) is 0 Å². The van der Waals surface area contributed by atoms with Gasteiger partial charge in [0.1, 0.15) is 5.57 Å². The Balaban J connectivity index is 2.99. The zero-order valence-corrected chi connectivity index (χ0v) is 12.7. The van der Waals surface area contributed by atoms with E-state index < -0.39 is 11.9 Å². The summed E-state index contributed by atoms with van der Waals surface area (Å²) < 4.78 is 9.75. The monoisotopic (exact) mass is 294 g/mol. The van der Waals surface area contributed by atoms with E-state index in [0.717, 1.165) is 10.5 Å². The van der Waals surface area contributed by atoms with Gasteiger partial charge >= 0.3 is 11.9 Å². The summed E-state index contributed by atoms with van der Waals surface area (Å²) in [5.41, 5.74) is 0.697. The van der Waals surface area contributed by atoms with Crippen LogP contribution in [0.1, 0.15) is 25.6 Å². The van der Waals surface area contributed by atoms with E-state index in [9.17, 15) is 9.59 Å². The summed E-state index contributed by atoms with van der Waals surface area (Å²) in [6.45, 7) is 5.62. The number of rotatable bonds is 6. The molecule has 1 aromatic heterocycles. The van der Waals surface area contributed by atoms with Gasteiger partial charge in [-0.2, -0.15) is 0 Å². The third-order valence-electron chi connectivity index (χ3n) is 2.28. The average molecular weight is 294 g/mol. The highest BCUT2D eigenvalue weighted by atomic mass is 32.1. The van der Waals surface area contributed by atoms with Gasteiger partial charge in [-0.3, -0.25) is 0 Å². The number of allylic oxidation sites excluding steroid dienone is 2. The van der Waals surface area contributed by atoms with Crippen molar-refractivity contribution < 1.29 is 19.1 Å². The Kier molecular flexibility index (Phi) is 6.73. The predicted octanol–water partition coefficient (Wildman–Crippen LogP) is 3.20. The Labute approximate surface area is 122 Å². The van der Waals surface area contributed by atoms with Crippen molar-refractivity contribution in [3.63, 3.8) is 0 Å².